The highest BCUT2D eigenvalue weighted by Gasteiger charge is 2.18. The van der Waals surface area contributed by atoms with Crippen LogP contribution in [0.25, 0.3) is 67.1 Å². The van der Waals surface area contributed by atoms with Gasteiger partial charge in [-0.25, -0.2) is 0 Å². The summed E-state index contributed by atoms with van der Waals surface area (Å²) in [6.07, 6.45) is 9.94. The first-order valence-corrected chi connectivity index (χ1v) is 20.6. The van der Waals surface area contributed by atoms with Crippen molar-refractivity contribution in [2.45, 2.75) is 0 Å². The Labute approximate surface area is 358 Å². The van der Waals surface area contributed by atoms with Gasteiger partial charge < -0.3 is 4.74 Å². The zero-order chi connectivity index (χ0) is 41.4. The molecule has 61 heavy (non-hydrogen) atoms. The minimum atomic E-state index is 0.541. The molecule has 1 heteroatoms. The lowest BCUT2D eigenvalue weighted by Crippen LogP contribution is -1.94. The summed E-state index contributed by atoms with van der Waals surface area (Å²) in [5.74, 6) is 1.26. The molecule has 290 valence electrons. The number of benzene rings is 9. The quantitative estimate of drug-likeness (QED) is 0.0519. The van der Waals surface area contributed by atoms with Crippen LogP contribution >= 0.6 is 0 Å². The summed E-state index contributed by atoms with van der Waals surface area (Å²) in [6.45, 7) is 7.94. The highest BCUT2D eigenvalue weighted by atomic mass is 16.5. The molecule has 0 heterocycles. The van der Waals surface area contributed by atoms with Crippen LogP contribution in [0.3, 0.4) is 0 Å². The molecule has 0 amide bonds. The Morgan fingerprint density at radius 1 is 0.393 bits per heavy atom. The molecule has 9 aromatic rings. The molecule has 1 nitrogen and oxygen atoms in total. The second-order valence-electron chi connectivity index (χ2n) is 15.0. The normalized spacial score (nSPS) is 11.0. The minimum Gasteiger partial charge on any atom is -0.458 e. The van der Waals surface area contributed by atoms with Crippen LogP contribution in [0.4, 0.5) is 0 Å². The Morgan fingerprint density at radius 2 is 0.770 bits per heavy atom. The maximum absolute atomic E-state index is 6.30. The third kappa shape index (κ3) is 8.45. The molecule has 0 N–H and O–H groups in total. The molecular weight excluding hydrogens is 737 g/mol. The Morgan fingerprint density at radius 3 is 1.18 bits per heavy atom. The van der Waals surface area contributed by atoms with E-state index in [4.69, 9.17) is 4.74 Å². The van der Waals surface area contributed by atoms with E-state index in [0.29, 0.717) is 5.76 Å². The van der Waals surface area contributed by atoms with Gasteiger partial charge in [-0.2, -0.15) is 0 Å². The third-order valence-corrected chi connectivity index (χ3v) is 11.0. The standard InChI is InChI=1S/C60H44O/c1-3-4-19-43(2)61-52-38-39-55-58(42-52)60(51-36-32-45(33-37-51)41-57(48-24-13-7-14-25-48)49-26-15-8-16-27-49)54-29-18-17-28-53(54)59(55)50-34-30-44(31-35-50)40-56(46-20-9-5-10-21-46)47-22-11-6-12-23-47/h3-42H,1-2H2/b19-4-. The predicted molar refractivity (Wildman–Crippen MR) is 261 cm³/mol. The first-order valence-electron chi connectivity index (χ1n) is 20.6. The van der Waals surface area contributed by atoms with Crippen LogP contribution < -0.4 is 4.74 Å². The smallest absolute Gasteiger partial charge is 0.128 e. The maximum Gasteiger partial charge on any atom is 0.128 e. The van der Waals surface area contributed by atoms with Crippen LogP contribution in [-0.2, 0) is 0 Å². The summed E-state index contributed by atoms with van der Waals surface area (Å²) in [5.41, 5.74) is 14.0. The van der Waals surface area contributed by atoms with Gasteiger partial charge in [0.2, 0.25) is 0 Å². The van der Waals surface area contributed by atoms with E-state index in [1.54, 1.807) is 6.08 Å². The van der Waals surface area contributed by atoms with Gasteiger partial charge in [0.05, 0.1) is 0 Å². The van der Waals surface area contributed by atoms with Crippen molar-refractivity contribution in [2.24, 2.45) is 0 Å². The molecule has 0 aliphatic heterocycles. The molecule has 0 atom stereocenters. The number of hydrogen-bond donors (Lipinski definition) is 0. The molecule has 0 saturated carbocycles. The van der Waals surface area contributed by atoms with Crippen molar-refractivity contribution in [3.63, 3.8) is 0 Å². The first-order chi connectivity index (χ1) is 30.1. The Kier molecular flexibility index (Phi) is 11.3. The SMILES string of the molecule is C=C/C=C\C(=C)Oc1ccc2c(-c3ccc(C=C(c4ccccc4)c4ccccc4)cc3)c3ccccc3c(-c3ccc(C=C(c4ccccc4)c4ccccc4)cc3)c2c1. The van der Waals surface area contributed by atoms with Gasteiger partial charge in [-0.05, 0) is 119 Å². The predicted octanol–water partition coefficient (Wildman–Crippen LogP) is 16.1. The molecule has 0 fully saturated rings. The minimum absolute atomic E-state index is 0.541. The average Bonchev–Trinajstić information content (AvgIpc) is 3.32. The second-order valence-corrected chi connectivity index (χ2v) is 15.0. The number of fused-ring (bicyclic) bond motifs is 2. The van der Waals surface area contributed by atoms with Crippen molar-refractivity contribution in [3.05, 3.63) is 283 Å². The summed E-state index contributed by atoms with van der Waals surface area (Å²) in [5, 5.41) is 4.60. The zero-order valence-corrected chi connectivity index (χ0v) is 33.9. The van der Waals surface area contributed by atoms with E-state index < -0.39 is 0 Å². The van der Waals surface area contributed by atoms with Gasteiger partial charge in [-0.1, -0.05) is 226 Å². The largest absolute Gasteiger partial charge is 0.458 e. The fourth-order valence-electron chi connectivity index (χ4n) is 8.17. The summed E-state index contributed by atoms with van der Waals surface area (Å²) in [6, 6.07) is 75.5. The molecule has 0 radical (unpaired) electrons. The molecular formula is C60H44O. The first kappa shape index (κ1) is 38.5. The monoisotopic (exact) mass is 780 g/mol. The fourth-order valence-corrected chi connectivity index (χ4v) is 8.17. The van der Waals surface area contributed by atoms with Crippen LogP contribution in [0.1, 0.15) is 33.4 Å². The molecule has 0 bridgehead atoms. The van der Waals surface area contributed by atoms with Gasteiger partial charge in [-0.3, -0.25) is 0 Å². The van der Waals surface area contributed by atoms with Crippen molar-refractivity contribution in [3.8, 4) is 28.0 Å². The molecule has 9 rings (SSSR count). The van der Waals surface area contributed by atoms with Gasteiger partial charge in [-0.15, -0.1) is 0 Å². The summed E-state index contributed by atoms with van der Waals surface area (Å²) >= 11 is 0. The third-order valence-electron chi connectivity index (χ3n) is 11.0. The van der Waals surface area contributed by atoms with E-state index in [1.165, 1.54) is 49.7 Å². The zero-order valence-electron chi connectivity index (χ0n) is 33.9. The lowest BCUT2D eigenvalue weighted by Gasteiger charge is -2.19. The van der Waals surface area contributed by atoms with Gasteiger partial charge >= 0.3 is 0 Å². The van der Waals surface area contributed by atoms with Crippen LogP contribution in [0, 0.1) is 0 Å². The summed E-state index contributed by atoms with van der Waals surface area (Å²) < 4.78 is 6.30. The summed E-state index contributed by atoms with van der Waals surface area (Å²) in [7, 11) is 0. The van der Waals surface area contributed by atoms with E-state index in [1.807, 2.05) is 18.2 Å². The van der Waals surface area contributed by atoms with Crippen molar-refractivity contribution < 1.29 is 4.74 Å². The van der Waals surface area contributed by atoms with Crippen molar-refractivity contribution >= 4 is 44.8 Å². The molecule has 0 aliphatic rings. The van der Waals surface area contributed by atoms with Crippen LogP contribution in [0.15, 0.2) is 249 Å². The van der Waals surface area contributed by atoms with Crippen molar-refractivity contribution in [1.29, 1.82) is 0 Å². The number of hydrogen-bond acceptors (Lipinski definition) is 1. The van der Waals surface area contributed by atoms with E-state index in [2.05, 4.69) is 232 Å². The Bertz CT molecular complexity index is 2980. The maximum atomic E-state index is 6.30. The van der Waals surface area contributed by atoms with Gasteiger partial charge in [0.15, 0.2) is 0 Å². The van der Waals surface area contributed by atoms with Crippen LogP contribution in [0.2, 0.25) is 0 Å². The molecule has 9 aromatic carbocycles. The molecule has 0 aliphatic carbocycles. The van der Waals surface area contributed by atoms with E-state index in [9.17, 15) is 0 Å². The molecule has 0 spiro atoms. The number of rotatable bonds is 12. The highest BCUT2D eigenvalue weighted by molar-refractivity contribution is 6.21. The number of allylic oxidation sites excluding steroid dienone is 3. The Balaban J connectivity index is 1.18. The van der Waals surface area contributed by atoms with E-state index in [-0.39, 0.29) is 0 Å². The van der Waals surface area contributed by atoms with E-state index in [0.717, 1.165) is 44.3 Å². The van der Waals surface area contributed by atoms with Crippen molar-refractivity contribution in [1.82, 2.24) is 0 Å². The molecule has 0 unspecified atom stereocenters. The van der Waals surface area contributed by atoms with Crippen molar-refractivity contribution in [2.75, 3.05) is 0 Å². The Hall–Kier alpha value is -8.00. The fraction of sp³-hybridized carbons (Fsp3) is 0. The lowest BCUT2D eigenvalue weighted by molar-refractivity contribution is 0.447. The molecule has 0 saturated heterocycles. The van der Waals surface area contributed by atoms with Crippen LogP contribution in [0.5, 0.6) is 5.75 Å². The molecule has 0 aromatic heterocycles. The highest BCUT2D eigenvalue weighted by Crippen LogP contribution is 2.45. The van der Waals surface area contributed by atoms with Gasteiger partial charge in [0.25, 0.3) is 0 Å². The van der Waals surface area contributed by atoms with E-state index >= 15 is 0 Å². The lowest BCUT2D eigenvalue weighted by atomic mass is 9.85. The van der Waals surface area contributed by atoms with Gasteiger partial charge in [0.1, 0.15) is 11.5 Å². The summed E-state index contributed by atoms with van der Waals surface area (Å²) in [4.78, 5) is 0. The average molecular weight is 781 g/mol. The number of ether oxygens (including phenoxy) is 1. The second kappa shape index (κ2) is 17.9. The topological polar surface area (TPSA) is 9.23 Å². The van der Waals surface area contributed by atoms with Gasteiger partial charge in [0, 0.05) is 0 Å². The van der Waals surface area contributed by atoms with Crippen LogP contribution in [-0.4, -0.2) is 0 Å².